The molecule has 0 atom stereocenters. The third-order valence-electron chi connectivity index (χ3n) is 2.41. The quantitative estimate of drug-likeness (QED) is 0.887. The molecule has 2 aromatic rings. The van der Waals surface area contributed by atoms with E-state index in [0.29, 0.717) is 6.54 Å². The fraction of sp³-hybridized carbons (Fsp3) is 0.333. The molecule has 0 bridgehead atoms. The Morgan fingerprint density at radius 1 is 1.41 bits per heavy atom. The largest absolute Gasteiger partial charge is 0.378 e. The van der Waals surface area contributed by atoms with Crippen molar-refractivity contribution in [2.75, 3.05) is 5.32 Å². The summed E-state index contributed by atoms with van der Waals surface area (Å²) in [6, 6.07) is 7.64. The molecule has 0 radical (unpaired) electrons. The Balaban J connectivity index is 1.99. The van der Waals surface area contributed by atoms with Crippen molar-refractivity contribution in [2.24, 2.45) is 0 Å². The first-order valence-corrected chi connectivity index (χ1v) is 6.03. The highest BCUT2D eigenvalue weighted by Crippen LogP contribution is 2.15. The summed E-state index contributed by atoms with van der Waals surface area (Å²) in [6.45, 7) is 3.67. The molecule has 5 heteroatoms. The molecule has 2 rings (SSSR count). The van der Waals surface area contributed by atoms with Crippen molar-refractivity contribution < 1.29 is 0 Å². The first-order valence-electron chi connectivity index (χ1n) is 5.65. The fourth-order valence-electron chi connectivity index (χ4n) is 1.60. The number of hydrogen-bond donors (Lipinski definition) is 1. The van der Waals surface area contributed by atoms with Crippen molar-refractivity contribution in [3.05, 3.63) is 41.4 Å². The lowest BCUT2D eigenvalue weighted by Crippen LogP contribution is -2.09. The van der Waals surface area contributed by atoms with Gasteiger partial charge in [-0.3, -0.25) is 0 Å². The summed E-state index contributed by atoms with van der Waals surface area (Å²) in [4.78, 5) is 4.23. The van der Waals surface area contributed by atoms with Crippen LogP contribution in [0.1, 0.15) is 19.2 Å². The first kappa shape index (κ1) is 11.9. The van der Waals surface area contributed by atoms with Gasteiger partial charge in [0.05, 0.1) is 6.54 Å². The van der Waals surface area contributed by atoms with Crippen LogP contribution in [-0.4, -0.2) is 14.8 Å². The molecule has 0 unspecified atom stereocenters. The van der Waals surface area contributed by atoms with Gasteiger partial charge < -0.3 is 5.32 Å². The Morgan fingerprint density at radius 3 is 3.06 bits per heavy atom. The number of nitrogens with one attached hydrogen (secondary N) is 1. The van der Waals surface area contributed by atoms with Crippen LogP contribution < -0.4 is 5.32 Å². The lowest BCUT2D eigenvalue weighted by molar-refractivity contribution is 0.574. The predicted molar refractivity (Wildman–Crippen MR) is 69.1 cm³/mol. The summed E-state index contributed by atoms with van der Waals surface area (Å²) in [5, 5.41) is 8.18. The molecule has 4 nitrogen and oxygen atoms in total. The third-order valence-corrected chi connectivity index (χ3v) is 2.64. The van der Waals surface area contributed by atoms with Gasteiger partial charge in [0.1, 0.15) is 12.2 Å². The Morgan fingerprint density at radius 2 is 2.29 bits per heavy atom. The van der Waals surface area contributed by atoms with E-state index in [0.717, 1.165) is 29.5 Å². The molecule has 0 spiro atoms. The number of aromatic nitrogens is 3. The summed E-state index contributed by atoms with van der Waals surface area (Å²) in [7, 11) is 0. The molecule has 0 saturated heterocycles. The van der Waals surface area contributed by atoms with Crippen LogP contribution in [0.2, 0.25) is 5.02 Å². The van der Waals surface area contributed by atoms with Gasteiger partial charge in [-0.15, -0.1) is 0 Å². The maximum atomic E-state index is 5.91. The second-order valence-corrected chi connectivity index (χ2v) is 4.20. The van der Waals surface area contributed by atoms with E-state index in [1.165, 1.54) is 0 Å². The van der Waals surface area contributed by atoms with Crippen LogP contribution in [0.5, 0.6) is 0 Å². The van der Waals surface area contributed by atoms with Crippen LogP contribution in [0.3, 0.4) is 0 Å². The van der Waals surface area contributed by atoms with Crippen molar-refractivity contribution in [3.8, 4) is 0 Å². The minimum absolute atomic E-state index is 0.653. The van der Waals surface area contributed by atoms with E-state index in [9.17, 15) is 0 Å². The van der Waals surface area contributed by atoms with E-state index >= 15 is 0 Å². The normalized spacial score (nSPS) is 10.5. The second-order valence-electron chi connectivity index (χ2n) is 3.76. The zero-order valence-corrected chi connectivity index (χ0v) is 10.5. The SMILES string of the molecule is CCCn1ncnc1CNc1cccc(Cl)c1. The van der Waals surface area contributed by atoms with Crippen LogP contribution in [0.15, 0.2) is 30.6 Å². The Labute approximate surface area is 106 Å². The maximum Gasteiger partial charge on any atom is 0.146 e. The van der Waals surface area contributed by atoms with Crippen LogP contribution in [-0.2, 0) is 13.1 Å². The van der Waals surface area contributed by atoms with Crippen LogP contribution in [0.25, 0.3) is 0 Å². The van der Waals surface area contributed by atoms with Crippen LogP contribution >= 0.6 is 11.6 Å². The zero-order valence-electron chi connectivity index (χ0n) is 9.73. The van der Waals surface area contributed by atoms with Crippen molar-refractivity contribution in [1.82, 2.24) is 14.8 Å². The molecule has 1 heterocycles. The van der Waals surface area contributed by atoms with Gasteiger partial charge >= 0.3 is 0 Å². The van der Waals surface area contributed by atoms with Gasteiger partial charge in [0, 0.05) is 17.3 Å². The summed E-state index contributed by atoms with van der Waals surface area (Å²) in [5.41, 5.74) is 0.989. The number of aryl methyl sites for hydroxylation is 1. The molecule has 17 heavy (non-hydrogen) atoms. The summed E-state index contributed by atoms with van der Waals surface area (Å²) < 4.78 is 1.91. The van der Waals surface area contributed by atoms with E-state index in [1.54, 1.807) is 6.33 Å². The smallest absolute Gasteiger partial charge is 0.146 e. The van der Waals surface area contributed by atoms with E-state index < -0.39 is 0 Å². The molecule has 1 N–H and O–H groups in total. The summed E-state index contributed by atoms with van der Waals surface area (Å²) in [5.74, 6) is 0.937. The molecule has 1 aromatic carbocycles. The second kappa shape index (κ2) is 5.68. The van der Waals surface area contributed by atoms with Crippen LogP contribution in [0, 0.1) is 0 Å². The zero-order chi connectivity index (χ0) is 12.1. The number of rotatable bonds is 5. The molecule has 0 saturated carbocycles. The van der Waals surface area contributed by atoms with Gasteiger partial charge in [-0.1, -0.05) is 24.6 Å². The fourth-order valence-corrected chi connectivity index (χ4v) is 1.79. The molecule has 0 aliphatic rings. The minimum atomic E-state index is 0.653. The first-order chi connectivity index (χ1) is 8.29. The lowest BCUT2D eigenvalue weighted by atomic mass is 10.3. The van der Waals surface area contributed by atoms with Crippen molar-refractivity contribution in [3.63, 3.8) is 0 Å². The highest BCUT2D eigenvalue weighted by molar-refractivity contribution is 6.30. The Hall–Kier alpha value is -1.55. The average molecular weight is 251 g/mol. The summed E-state index contributed by atoms with van der Waals surface area (Å²) in [6.07, 6.45) is 2.64. The van der Waals surface area contributed by atoms with Gasteiger partial charge in [0.25, 0.3) is 0 Å². The van der Waals surface area contributed by atoms with E-state index in [2.05, 4.69) is 22.3 Å². The molecule has 0 aliphatic heterocycles. The van der Waals surface area contributed by atoms with E-state index in [4.69, 9.17) is 11.6 Å². The minimum Gasteiger partial charge on any atom is -0.378 e. The van der Waals surface area contributed by atoms with Crippen molar-refractivity contribution in [2.45, 2.75) is 26.4 Å². The number of anilines is 1. The summed E-state index contributed by atoms with van der Waals surface area (Å²) >= 11 is 5.91. The van der Waals surface area contributed by atoms with Crippen molar-refractivity contribution in [1.29, 1.82) is 0 Å². The van der Waals surface area contributed by atoms with E-state index in [-0.39, 0.29) is 0 Å². The molecule has 0 aliphatic carbocycles. The van der Waals surface area contributed by atoms with E-state index in [1.807, 2.05) is 28.9 Å². The highest BCUT2D eigenvalue weighted by Gasteiger charge is 2.02. The Bertz CT molecular complexity index is 481. The molecular formula is C12H15ClN4. The monoisotopic (exact) mass is 250 g/mol. The van der Waals surface area contributed by atoms with Gasteiger partial charge in [-0.2, -0.15) is 5.10 Å². The molecule has 0 fully saturated rings. The molecule has 90 valence electrons. The number of benzene rings is 1. The Kier molecular flexibility index (Phi) is 3.98. The standard InChI is InChI=1S/C12H15ClN4/c1-2-6-17-12(15-9-16-17)8-14-11-5-3-4-10(13)7-11/h3-5,7,9,14H,2,6,8H2,1H3. The predicted octanol–water partition coefficient (Wildman–Crippen LogP) is 2.95. The van der Waals surface area contributed by atoms with Crippen LogP contribution in [0.4, 0.5) is 5.69 Å². The number of nitrogens with zero attached hydrogens (tertiary/aromatic N) is 3. The molecule has 1 aromatic heterocycles. The van der Waals surface area contributed by atoms with Gasteiger partial charge in [0.15, 0.2) is 0 Å². The van der Waals surface area contributed by atoms with Crippen molar-refractivity contribution >= 4 is 17.3 Å². The molecule has 0 amide bonds. The topological polar surface area (TPSA) is 42.7 Å². The van der Waals surface area contributed by atoms with Gasteiger partial charge in [0.2, 0.25) is 0 Å². The van der Waals surface area contributed by atoms with Gasteiger partial charge in [-0.25, -0.2) is 9.67 Å². The highest BCUT2D eigenvalue weighted by atomic mass is 35.5. The maximum absolute atomic E-state index is 5.91. The third kappa shape index (κ3) is 3.20. The van der Waals surface area contributed by atoms with Gasteiger partial charge in [-0.05, 0) is 24.6 Å². The number of halogens is 1. The number of hydrogen-bond acceptors (Lipinski definition) is 3. The lowest BCUT2D eigenvalue weighted by Gasteiger charge is -2.07. The molecular weight excluding hydrogens is 236 g/mol. The average Bonchev–Trinajstić information content (AvgIpc) is 2.75.